The molecule has 0 aliphatic carbocycles. The van der Waals surface area contributed by atoms with Crippen molar-refractivity contribution >= 4 is 66.9 Å². The summed E-state index contributed by atoms with van der Waals surface area (Å²) in [6.45, 7) is 2.23. The SMILES string of the molecule is CCC[CH2][SbH2].O=C(O)C(S)(S)S. The Labute approximate surface area is 104 Å². The molecule has 0 aromatic rings. The van der Waals surface area contributed by atoms with Crippen molar-refractivity contribution in [2.24, 2.45) is 0 Å². The summed E-state index contributed by atoms with van der Waals surface area (Å²) in [5, 5.41) is 8.02. The van der Waals surface area contributed by atoms with E-state index in [0.717, 1.165) is 0 Å². The van der Waals surface area contributed by atoms with Crippen LogP contribution in [0.3, 0.4) is 0 Å². The molecule has 0 rings (SSSR count). The molecule has 1 N–H and O–H groups in total. The molecule has 74 valence electrons. The van der Waals surface area contributed by atoms with Gasteiger partial charge in [-0.05, 0) is 0 Å². The molecule has 0 bridgehead atoms. The number of carboxylic acids is 1. The summed E-state index contributed by atoms with van der Waals surface area (Å²) in [5.74, 6) is -1.16. The zero-order chi connectivity index (χ0) is 10.2. The van der Waals surface area contributed by atoms with Gasteiger partial charge < -0.3 is 5.11 Å². The molecule has 0 aliphatic rings. The van der Waals surface area contributed by atoms with E-state index in [1.54, 1.807) is 0 Å². The third-order valence-corrected chi connectivity index (χ3v) is 2.58. The number of rotatable bonds is 3. The number of thiol groups is 3. The summed E-state index contributed by atoms with van der Waals surface area (Å²) in [6.07, 6.45) is 2.82. The predicted octanol–water partition coefficient (Wildman–Crippen LogP) is 1.35. The van der Waals surface area contributed by atoms with E-state index in [0.29, 0.717) is 0 Å². The summed E-state index contributed by atoms with van der Waals surface area (Å²) in [7, 11) is 0. The predicted molar refractivity (Wildman–Crippen MR) is 65.6 cm³/mol. The second kappa shape index (κ2) is 8.92. The summed E-state index contributed by atoms with van der Waals surface area (Å²) in [6, 6.07) is 0. The Bertz CT molecular complexity index is 122. The zero-order valence-electron chi connectivity index (χ0n) is 6.90. The van der Waals surface area contributed by atoms with Crippen molar-refractivity contribution < 1.29 is 9.90 Å². The quantitative estimate of drug-likeness (QED) is 0.357. The summed E-state index contributed by atoms with van der Waals surface area (Å²) >= 11 is 11.9. The third-order valence-electron chi connectivity index (χ3n) is 0.845. The van der Waals surface area contributed by atoms with Gasteiger partial charge in [0.05, 0.1) is 0 Å². The Hall–Kier alpha value is 1.34. The van der Waals surface area contributed by atoms with Crippen molar-refractivity contribution in [2.75, 3.05) is 0 Å². The molecule has 0 saturated heterocycles. The fraction of sp³-hybridized carbons (Fsp3) is 0.833. The van der Waals surface area contributed by atoms with Crippen LogP contribution in [0.1, 0.15) is 19.8 Å². The summed E-state index contributed by atoms with van der Waals surface area (Å²) < 4.78 is -0.0263. The molecule has 0 aromatic heterocycles. The van der Waals surface area contributed by atoms with Gasteiger partial charge in [0.25, 0.3) is 0 Å². The van der Waals surface area contributed by atoms with Crippen LogP contribution in [0, 0.1) is 0 Å². The summed E-state index contributed by atoms with van der Waals surface area (Å²) in [4.78, 5) is 9.79. The van der Waals surface area contributed by atoms with E-state index in [-0.39, 0.29) is 0 Å². The van der Waals surface area contributed by atoms with Gasteiger partial charge in [-0.15, -0.1) is 37.9 Å². The number of carbonyl (C=O) groups is 1. The van der Waals surface area contributed by atoms with E-state index in [4.69, 9.17) is 5.11 Å². The smallest absolute Gasteiger partial charge is 0.339 e. The number of aliphatic carboxylic acids is 1. The van der Waals surface area contributed by atoms with Crippen LogP contribution in [0.5, 0.6) is 0 Å². The molecular weight excluding hydrogens is 322 g/mol. The third kappa shape index (κ3) is 13.9. The van der Waals surface area contributed by atoms with E-state index in [2.05, 4.69) is 44.8 Å². The van der Waals surface area contributed by atoms with Crippen LogP contribution < -0.4 is 0 Å². The van der Waals surface area contributed by atoms with Crippen LogP contribution in [-0.4, -0.2) is 37.5 Å². The van der Waals surface area contributed by atoms with Crippen molar-refractivity contribution in [1.29, 1.82) is 0 Å². The number of hydrogen-bond donors (Lipinski definition) is 4. The Kier molecular flexibility index (Phi) is 11.7. The Balaban J connectivity index is 0. The summed E-state index contributed by atoms with van der Waals surface area (Å²) in [5.41, 5.74) is 0. The van der Waals surface area contributed by atoms with Crippen molar-refractivity contribution in [3.8, 4) is 0 Å². The van der Waals surface area contributed by atoms with Crippen LogP contribution in [0.25, 0.3) is 0 Å². The molecule has 0 saturated carbocycles. The van der Waals surface area contributed by atoms with Crippen LogP contribution in [0.2, 0.25) is 4.37 Å². The average Bonchev–Trinajstić information content (AvgIpc) is 1.88. The second-order valence-electron chi connectivity index (χ2n) is 2.08. The van der Waals surface area contributed by atoms with Crippen molar-refractivity contribution in [3.63, 3.8) is 0 Å². The van der Waals surface area contributed by atoms with E-state index >= 15 is 0 Å². The van der Waals surface area contributed by atoms with Gasteiger partial charge in [-0.1, -0.05) is 0 Å². The van der Waals surface area contributed by atoms with Crippen LogP contribution in [0.15, 0.2) is 0 Å². The molecule has 0 radical (unpaired) electrons. The molecule has 0 unspecified atom stereocenters. The molecule has 0 atom stereocenters. The number of carboxylic acid groups (broad SMARTS) is 1. The van der Waals surface area contributed by atoms with Crippen molar-refractivity contribution in [1.82, 2.24) is 0 Å². The van der Waals surface area contributed by atoms with Crippen LogP contribution in [0.4, 0.5) is 0 Å². The molecule has 6 heteroatoms. The Morgan fingerprint density at radius 3 is 1.83 bits per heavy atom. The Morgan fingerprint density at radius 1 is 1.50 bits per heavy atom. The van der Waals surface area contributed by atoms with E-state index < -0.39 is 9.38 Å². The second-order valence-corrected chi connectivity index (χ2v) is 6.80. The number of unbranched alkanes of at least 4 members (excludes halogenated alkanes) is 1. The maximum atomic E-state index is 9.79. The van der Waals surface area contributed by atoms with Gasteiger partial charge >= 0.3 is 53.1 Å². The largest absolute Gasteiger partial charge is 0.479 e. The van der Waals surface area contributed by atoms with Gasteiger partial charge in [-0.25, -0.2) is 4.79 Å². The first-order chi connectivity index (χ1) is 5.36. The monoisotopic (exact) mass is 336 g/mol. The van der Waals surface area contributed by atoms with E-state index in [1.807, 2.05) is 0 Å². The molecule has 0 amide bonds. The molecular formula is C6H15O2S3Sb. The van der Waals surface area contributed by atoms with Crippen molar-refractivity contribution in [2.45, 2.75) is 27.5 Å². The van der Waals surface area contributed by atoms with Crippen molar-refractivity contribution in [3.05, 3.63) is 0 Å². The average molecular weight is 337 g/mol. The normalized spacial score (nSPS) is 10.1. The zero-order valence-corrected chi connectivity index (χ0v) is 12.9. The molecule has 2 nitrogen and oxygen atoms in total. The fourth-order valence-corrected chi connectivity index (χ4v) is 1.37. The van der Waals surface area contributed by atoms with Crippen LogP contribution in [-0.2, 0) is 4.79 Å². The van der Waals surface area contributed by atoms with Gasteiger partial charge in [0, 0.05) is 0 Å². The number of hydrogen-bond acceptors (Lipinski definition) is 4. The van der Waals surface area contributed by atoms with Gasteiger partial charge in [-0.2, -0.15) is 0 Å². The molecule has 0 heterocycles. The van der Waals surface area contributed by atoms with E-state index in [9.17, 15) is 4.79 Å². The maximum Gasteiger partial charge on any atom is 0.339 e. The maximum absolute atomic E-state index is 9.79. The molecule has 12 heavy (non-hydrogen) atoms. The fourth-order valence-electron chi connectivity index (χ4n) is 0.204. The molecule has 0 aromatic carbocycles. The van der Waals surface area contributed by atoms with Gasteiger partial charge in [0.2, 0.25) is 0 Å². The molecule has 0 fully saturated rings. The van der Waals surface area contributed by atoms with Gasteiger partial charge in [0.1, 0.15) is 0 Å². The first kappa shape index (κ1) is 15.8. The topological polar surface area (TPSA) is 37.3 Å². The van der Waals surface area contributed by atoms with Gasteiger partial charge in [0.15, 0.2) is 3.41 Å². The minimum atomic E-state index is -1.50. The first-order valence-corrected chi connectivity index (χ1v) is 7.14. The Morgan fingerprint density at radius 2 is 1.83 bits per heavy atom. The molecule has 0 spiro atoms. The van der Waals surface area contributed by atoms with E-state index in [1.165, 1.54) is 40.2 Å². The van der Waals surface area contributed by atoms with Crippen LogP contribution >= 0.6 is 37.9 Å². The standard InChI is InChI=1S/C4H9.C2H4O2S3.Sb.2H/c1-3-4-2;3-1(4)2(5,6)7;;;/h1,3-4H2,2H3;5-7H,(H,3,4);;;. The minimum absolute atomic E-state index is 1.16. The minimum Gasteiger partial charge on any atom is -0.479 e. The molecule has 0 aliphatic heterocycles. The first-order valence-electron chi connectivity index (χ1n) is 3.46. The van der Waals surface area contributed by atoms with Gasteiger partial charge in [-0.3, -0.25) is 0 Å².